The van der Waals surface area contributed by atoms with Crippen molar-refractivity contribution >= 4 is 11.9 Å². The second kappa shape index (κ2) is 6.40. The normalized spacial score (nSPS) is 16.5. The number of hydrogen-bond acceptors (Lipinski definition) is 4. The van der Waals surface area contributed by atoms with Crippen molar-refractivity contribution in [1.29, 1.82) is 0 Å². The van der Waals surface area contributed by atoms with E-state index < -0.39 is 24.1 Å². The SMILES string of the molecule is CCC(OC(=O)[C@@H](N)C(C)CC)C(=O)O. The largest absolute Gasteiger partial charge is 0.479 e. The Morgan fingerprint density at radius 1 is 1.33 bits per heavy atom. The average molecular weight is 217 g/mol. The molecule has 0 fully saturated rings. The predicted octanol–water partition coefficient (Wildman–Crippen LogP) is 0.766. The van der Waals surface area contributed by atoms with E-state index in [-0.39, 0.29) is 12.3 Å². The first-order valence-electron chi connectivity index (χ1n) is 5.12. The summed E-state index contributed by atoms with van der Waals surface area (Å²) >= 11 is 0. The Morgan fingerprint density at radius 2 is 1.87 bits per heavy atom. The van der Waals surface area contributed by atoms with Crippen LogP contribution in [0.15, 0.2) is 0 Å². The van der Waals surface area contributed by atoms with Gasteiger partial charge < -0.3 is 15.6 Å². The summed E-state index contributed by atoms with van der Waals surface area (Å²) in [6, 6.07) is -0.747. The van der Waals surface area contributed by atoms with Crippen LogP contribution < -0.4 is 5.73 Å². The van der Waals surface area contributed by atoms with Crippen LogP contribution in [-0.4, -0.2) is 29.2 Å². The lowest BCUT2D eigenvalue weighted by Gasteiger charge is -2.19. The van der Waals surface area contributed by atoms with Gasteiger partial charge in [-0.2, -0.15) is 0 Å². The fourth-order valence-corrected chi connectivity index (χ4v) is 1.01. The third-order valence-corrected chi connectivity index (χ3v) is 2.43. The zero-order chi connectivity index (χ0) is 12.0. The van der Waals surface area contributed by atoms with E-state index in [1.165, 1.54) is 0 Å². The number of carboxylic acid groups (broad SMARTS) is 1. The van der Waals surface area contributed by atoms with Gasteiger partial charge in [-0.15, -0.1) is 0 Å². The number of carbonyl (C=O) groups is 2. The number of carboxylic acids is 1. The van der Waals surface area contributed by atoms with Gasteiger partial charge in [0, 0.05) is 0 Å². The van der Waals surface area contributed by atoms with Gasteiger partial charge in [0.1, 0.15) is 6.04 Å². The molecular formula is C10H19NO4. The molecule has 0 saturated carbocycles. The maximum absolute atomic E-state index is 11.4. The van der Waals surface area contributed by atoms with Crippen LogP contribution in [0.1, 0.15) is 33.6 Å². The number of esters is 1. The second-order valence-corrected chi connectivity index (χ2v) is 3.58. The van der Waals surface area contributed by atoms with E-state index in [4.69, 9.17) is 15.6 Å². The molecule has 0 heterocycles. The number of carbonyl (C=O) groups excluding carboxylic acids is 1. The van der Waals surface area contributed by atoms with Crippen molar-refractivity contribution in [2.45, 2.75) is 45.8 Å². The van der Waals surface area contributed by atoms with Gasteiger partial charge in [-0.25, -0.2) is 4.79 Å². The van der Waals surface area contributed by atoms with E-state index >= 15 is 0 Å². The van der Waals surface area contributed by atoms with Crippen molar-refractivity contribution < 1.29 is 19.4 Å². The predicted molar refractivity (Wildman–Crippen MR) is 55.2 cm³/mol. The number of hydrogen-bond donors (Lipinski definition) is 2. The molecule has 0 aromatic heterocycles. The maximum atomic E-state index is 11.4. The molecule has 0 amide bonds. The van der Waals surface area contributed by atoms with Crippen LogP contribution in [0.4, 0.5) is 0 Å². The molecule has 0 spiro atoms. The molecule has 3 atom stereocenters. The van der Waals surface area contributed by atoms with E-state index in [2.05, 4.69) is 0 Å². The third kappa shape index (κ3) is 4.29. The zero-order valence-electron chi connectivity index (χ0n) is 9.40. The van der Waals surface area contributed by atoms with E-state index in [0.717, 1.165) is 6.42 Å². The van der Waals surface area contributed by atoms with Crippen LogP contribution in [0.3, 0.4) is 0 Å². The number of ether oxygens (including phenoxy) is 1. The molecule has 5 nitrogen and oxygen atoms in total. The summed E-state index contributed by atoms with van der Waals surface area (Å²) in [5.41, 5.74) is 5.61. The molecule has 0 aromatic rings. The monoisotopic (exact) mass is 217 g/mol. The topological polar surface area (TPSA) is 89.6 Å². The Labute approximate surface area is 89.6 Å². The Hall–Kier alpha value is -1.10. The molecule has 0 radical (unpaired) electrons. The van der Waals surface area contributed by atoms with Crippen molar-refractivity contribution in [2.24, 2.45) is 11.7 Å². The van der Waals surface area contributed by atoms with E-state index in [9.17, 15) is 9.59 Å². The van der Waals surface area contributed by atoms with Crippen LogP contribution in [-0.2, 0) is 14.3 Å². The van der Waals surface area contributed by atoms with Gasteiger partial charge in [-0.1, -0.05) is 27.2 Å². The molecule has 0 aliphatic rings. The Morgan fingerprint density at radius 3 is 2.20 bits per heavy atom. The molecular weight excluding hydrogens is 198 g/mol. The van der Waals surface area contributed by atoms with E-state index in [0.29, 0.717) is 0 Å². The highest BCUT2D eigenvalue weighted by Gasteiger charge is 2.26. The molecule has 0 aliphatic carbocycles. The minimum Gasteiger partial charge on any atom is -0.479 e. The van der Waals surface area contributed by atoms with Gasteiger partial charge in [-0.3, -0.25) is 4.79 Å². The summed E-state index contributed by atoms with van der Waals surface area (Å²) < 4.78 is 4.78. The van der Waals surface area contributed by atoms with Crippen molar-refractivity contribution in [1.82, 2.24) is 0 Å². The Balaban J connectivity index is 4.28. The van der Waals surface area contributed by atoms with E-state index in [1.807, 2.05) is 13.8 Å². The quantitative estimate of drug-likeness (QED) is 0.641. The minimum atomic E-state index is -1.14. The lowest BCUT2D eigenvalue weighted by molar-refractivity contribution is -0.165. The van der Waals surface area contributed by atoms with E-state index in [1.54, 1.807) is 6.92 Å². The van der Waals surface area contributed by atoms with Gasteiger partial charge >= 0.3 is 11.9 Å². The Kier molecular flexibility index (Phi) is 5.93. The van der Waals surface area contributed by atoms with Crippen molar-refractivity contribution in [3.05, 3.63) is 0 Å². The fraction of sp³-hybridized carbons (Fsp3) is 0.800. The first-order valence-corrected chi connectivity index (χ1v) is 5.12. The smallest absolute Gasteiger partial charge is 0.345 e. The van der Waals surface area contributed by atoms with Crippen LogP contribution in [0.25, 0.3) is 0 Å². The average Bonchev–Trinajstić information content (AvgIpc) is 2.22. The molecule has 2 unspecified atom stereocenters. The highest BCUT2D eigenvalue weighted by molar-refractivity contribution is 5.80. The standard InChI is InChI=1S/C10H19NO4/c1-4-6(3)8(11)10(14)15-7(5-2)9(12)13/h6-8H,4-5,11H2,1-3H3,(H,12,13)/t6?,7?,8-/m0/s1. The lowest BCUT2D eigenvalue weighted by atomic mass is 10.0. The van der Waals surface area contributed by atoms with Gasteiger partial charge in [-0.05, 0) is 12.3 Å². The summed E-state index contributed by atoms with van der Waals surface area (Å²) in [6.45, 7) is 5.38. The summed E-state index contributed by atoms with van der Waals surface area (Å²) in [6.07, 6.45) is -0.0957. The highest BCUT2D eigenvalue weighted by atomic mass is 16.6. The summed E-state index contributed by atoms with van der Waals surface area (Å²) in [4.78, 5) is 22.0. The number of aliphatic carboxylic acids is 1. The molecule has 88 valence electrons. The number of nitrogens with two attached hydrogens (primary N) is 1. The molecule has 0 saturated heterocycles. The molecule has 0 bridgehead atoms. The summed E-state index contributed by atoms with van der Waals surface area (Å²) in [5, 5.41) is 8.68. The minimum absolute atomic E-state index is 0.0104. The molecule has 15 heavy (non-hydrogen) atoms. The van der Waals surface area contributed by atoms with Gasteiger partial charge in [0.25, 0.3) is 0 Å². The molecule has 0 aromatic carbocycles. The maximum Gasteiger partial charge on any atom is 0.345 e. The fourth-order valence-electron chi connectivity index (χ4n) is 1.01. The first-order chi connectivity index (χ1) is 6.93. The van der Waals surface area contributed by atoms with Crippen molar-refractivity contribution in [2.75, 3.05) is 0 Å². The van der Waals surface area contributed by atoms with Gasteiger partial charge in [0.15, 0.2) is 6.10 Å². The first kappa shape index (κ1) is 13.9. The lowest BCUT2D eigenvalue weighted by Crippen LogP contribution is -2.41. The molecule has 0 rings (SSSR count). The van der Waals surface area contributed by atoms with Crippen LogP contribution in [0.2, 0.25) is 0 Å². The molecule has 0 aliphatic heterocycles. The van der Waals surface area contributed by atoms with Crippen LogP contribution in [0.5, 0.6) is 0 Å². The highest BCUT2D eigenvalue weighted by Crippen LogP contribution is 2.09. The Bertz CT molecular complexity index is 229. The van der Waals surface area contributed by atoms with Gasteiger partial charge in [0.05, 0.1) is 0 Å². The second-order valence-electron chi connectivity index (χ2n) is 3.58. The van der Waals surface area contributed by atoms with Crippen LogP contribution >= 0.6 is 0 Å². The van der Waals surface area contributed by atoms with Gasteiger partial charge in [0.2, 0.25) is 0 Å². The molecule has 3 N–H and O–H groups in total. The zero-order valence-corrected chi connectivity index (χ0v) is 9.40. The third-order valence-electron chi connectivity index (χ3n) is 2.43. The van der Waals surface area contributed by atoms with Crippen molar-refractivity contribution in [3.8, 4) is 0 Å². The number of rotatable bonds is 6. The summed E-state index contributed by atoms with van der Waals surface area (Å²) in [5.74, 6) is -1.79. The van der Waals surface area contributed by atoms with Crippen molar-refractivity contribution in [3.63, 3.8) is 0 Å². The van der Waals surface area contributed by atoms with Crippen LogP contribution in [0, 0.1) is 5.92 Å². The molecule has 5 heteroatoms. The summed E-state index contributed by atoms with van der Waals surface area (Å²) in [7, 11) is 0.